The number of hydrogen-bond acceptors (Lipinski definition) is 9. The summed E-state index contributed by atoms with van der Waals surface area (Å²) in [6.07, 6.45) is 4.74. The van der Waals surface area contributed by atoms with E-state index < -0.39 is 15.9 Å². The molecule has 1 unspecified atom stereocenters. The maximum Gasteiger partial charge on any atom is 0.281 e. The van der Waals surface area contributed by atoms with Gasteiger partial charge in [-0.25, -0.2) is 19.7 Å². The molecule has 37 heavy (non-hydrogen) atoms. The van der Waals surface area contributed by atoms with Gasteiger partial charge in [0.1, 0.15) is 11.6 Å². The number of pyridine rings is 3. The van der Waals surface area contributed by atoms with Crippen LogP contribution < -0.4 is 20.1 Å². The van der Waals surface area contributed by atoms with E-state index in [2.05, 4.69) is 26.5 Å². The average molecular weight is 525 g/mol. The fourth-order valence-corrected chi connectivity index (χ4v) is 5.21. The molecule has 3 aromatic rings. The molecule has 4 rings (SSSR count). The molecule has 1 fully saturated rings. The molecule has 1 amide bonds. The average Bonchev–Trinajstić information content (AvgIpc) is 2.88. The second-order valence-electron chi connectivity index (χ2n) is 9.32. The maximum atomic E-state index is 13.3. The summed E-state index contributed by atoms with van der Waals surface area (Å²) in [6.45, 7) is 7.45. The number of nitrogen functional groups attached to an aromatic ring is 1. The molecule has 0 spiro atoms. The number of anilines is 2. The Kier molecular flexibility index (Phi) is 7.91. The molecule has 11 heteroatoms. The summed E-state index contributed by atoms with van der Waals surface area (Å²) in [5.41, 5.74) is 7.17. The van der Waals surface area contributed by atoms with Crippen LogP contribution >= 0.6 is 0 Å². The Labute approximate surface area is 217 Å². The number of ether oxygens (including phenoxy) is 1. The van der Waals surface area contributed by atoms with E-state index in [0.29, 0.717) is 23.3 Å². The molecule has 4 heterocycles. The lowest BCUT2D eigenvalue weighted by atomic mass is 9.95. The van der Waals surface area contributed by atoms with E-state index in [1.165, 1.54) is 18.2 Å². The van der Waals surface area contributed by atoms with Gasteiger partial charge in [-0.2, -0.15) is 8.42 Å². The van der Waals surface area contributed by atoms with Crippen LogP contribution in [0.2, 0.25) is 0 Å². The van der Waals surface area contributed by atoms with Crippen molar-refractivity contribution < 1.29 is 17.9 Å². The van der Waals surface area contributed by atoms with Crippen LogP contribution in [0.4, 0.5) is 11.6 Å². The zero-order valence-corrected chi connectivity index (χ0v) is 22.0. The number of nitrogens with two attached hydrogens (primary N) is 1. The highest BCUT2D eigenvalue weighted by Crippen LogP contribution is 2.30. The largest absolute Gasteiger partial charge is 0.475 e. The molecule has 0 radical (unpaired) electrons. The van der Waals surface area contributed by atoms with Crippen LogP contribution in [0.15, 0.2) is 53.7 Å². The van der Waals surface area contributed by atoms with E-state index in [4.69, 9.17) is 15.5 Å². The molecule has 1 aliphatic rings. The van der Waals surface area contributed by atoms with Gasteiger partial charge >= 0.3 is 0 Å². The first-order valence-corrected chi connectivity index (χ1v) is 13.8. The van der Waals surface area contributed by atoms with Crippen molar-refractivity contribution in [1.82, 2.24) is 19.7 Å². The number of nitrogens with one attached hydrogen (secondary N) is 1. The van der Waals surface area contributed by atoms with Crippen LogP contribution in [-0.4, -0.2) is 48.5 Å². The van der Waals surface area contributed by atoms with Crippen molar-refractivity contribution in [3.63, 3.8) is 0 Å². The normalized spacial score (nSPS) is 16.0. The lowest BCUT2D eigenvalue weighted by molar-refractivity contribution is 0.0981. The van der Waals surface area contributed by atoms with Crippen molar-refractivity contribution in [1.29, 1.82) is 0 Å². The van der Waals surface area contributed by atoms with Gasteiger partial charge in [0, 0.05) is 30.9 Å². The Bertz CT molecular complexity index is 1360. The highest BCUT2D eigenvalue weighted by molar-refractivity contribution is 7.90. The molecular formula is C26H32N6O4S. The number of carbonyl (C=O) groups is 1. The van der Waals surface area contributed by atoms with Gasteiger partial charge in [0.25, 0.3) is 15.9 Å². The highest BCUT2D eigenvalue weighted by atomic mass is 32.2. The summed E-state index contributed by atoms with van der Waals surface area (Å²) in [5.74, 6) is 0.670. The minimum Gasteiger partial charge on any atom is -0.475 e. The predicted octanol–water partition coefficient (Wildman–Crippen LogP) is 3.65. The van der Waals surface area contributed by atoms with Crippen molar-refractivity contribution in [2.45, 2.75) is 51.2 Å². The second kappa shape index (κ2) is 11.1. The maximum absolute atomic E-state index is 13.3. The Morgan fingerprint density at radius 2 is 2.00 bits per heavy atom. The fraction of sp³-hybridized carbons (Fsp3) is 0.385. The van der Waals surface area contributed by atoms with Crippen molar-refractivity contribution in [2.75, 3.05) is 23.7 Å². The number of amides is 1. The van der Waals surface area contributed by atoms with Gasteiger partial charge in [0.05, 0.1) is 17.4 Å². The van der Waals surface area contributed by atoms with Crippen LogP contribution in [-0.2, 0) is 10.0 Å². The van der Waals surface area contributed by atoms with E-state index in [1.807, 2.05) is 19.9 Å². The number of nitrogens with zero attached hydrogens (tertiary/aromatic N) is 4. The van der Waals surface area contributed by atoms with Crippen LogP contribution in [0.3, 0.4) is 0 Å². The first kappa shape index (κ1) is 26.3. The molecule has 1 saturated heterocycles. The smallest absolute Gasteiger partial charge is 0.281 e. The van der Waals surface area contributed by atoms with Gasteiger partial charge in [-0.05, 0) is 62.9 Å². The standard InChI is InChI=1S/C26H32N6O4S/c1-4-18-7-6-14-32(16-18)25-20(26(33)31-37(34,35)24-9-5-8-22(27)30-24)11-12-21(29-25)19-10-13-23(28-15-19)36-17(2)3/h5,8-13,15,17-18H,4,6-7,14,16H2,1-3H3,(H2,27,30)(H,31,33). The molecule has 0 aromatic carbocycles. The Hall–Kier alpha value is -3.73. The second-order valence-corrected chi connectivity index (χ2v) is 10.9. The lowest BCUT2D eigenvalue weighted by Gasteiger charge is -2.34. The number of aromatic nitrogens is 3. The fourth-order valence-electron chi connectivity index (χ4n) is 4.27. The van der Waals surface area contributed by atoms with E-state index in [0.717, 1.165) is 37.9 Å². The number of hydrogen-bond donors (Lipinski definition) is 2. The minimum atomic E-state index is -4.23. The summed E-state index contributed by atoms with van der Waals surface area (Å²) >= 11 is 0. The Balaban J connectivity index is 1.69. The zero-order valence-electron chi connectivity index (χ0n) is 21.2. The highest BCUT2D eigenvalue weighted by Gasteiger charge is 2.27. The number of carbonyl (C=O) groups excluding carboxylic acids is 1. The Morgan fingerprint density at radius 3 is 2.68 bits per heavy atom. The number of piperidine rings is 1. The van der Waals surface area contributed by atoms with Crippen molar-refractivity contribution in [3.8, 4) is 17.1 Å². The molecule has 0 aliphatic carbocycles. The van der Waals surface area contributed by atoms with Crippen LogP contribution in [0.5, 0.6) is 5.88 Å². The van der Waals surface area contributed by atoms with Gasteiger partial charge in [-0.1, -0.05) is 19.4 Å². The van der Waals surface area contributed by atoms with Gasteiger partial charge in [-0.3, -0.25) is 4.79 Å². The van der Waals surface area contributed by atoms with Crippen LogP contribution in [0.1, 0.15) is 50.4 Å². The van der Waals surface area contributed by atoms with Gasteiger partial charge in [0.2, 0.25) is 5.88 Å². The monoisotopic (exact) mass is 524 g/mol. The van der Waals surface area contributed by atoms with E-state index in [9.17, 15) is 13.2 Å². The molecule has 0 bridgehead atoms. The first-order valence-electron chi connectivity index (χ1n) is 12.3. The summed E-state index contributed by atoms with van der Waals surface area (Å²) in [7, 11) is -4.23. The van der Waals surface area contributed by atoms with Crippen molar-refractivity contribution >= 4 is 27.6 Å². The molecule has 0 saturated carbocycles. The van der Waals surface area contributed by atoms with Crippen molar-refractivity contribution in [3.05, 3.63) is 54.2 Å². The molecular weight excluding hydrogens is 492 g/mol. The summed E-state index contributed by atoms with van der Waals surface area (Å²) in [4.78, 5) is 28.4. The van der Waals surface area contributed by atoms with E-state index >= 15 is 0 Å². The molecule has 3 N–H and O–H groups in total. The molecule has 1 atom stereocenters. The van der Waals surface area contributed by atoms with E-state index in [1.54, 1.807) is 24.4 Å². The third-order valence-electron chi connectivity index (χ3n) is 6.15. The van der Waals surface area contributed by atoms with Crippen LogP contribution in [0, 0.1) is 5.92 Å². The van der Waals surface area contributed by atoms with Gasteiger partial charge in [-0.15, -0.1) is 0 Å². The topological polar surface area (TPSA) is 140 Å². The summed E-state index contributed by atoms with van der Waals surface area (Å²) < 4.78 is 33.4. The number of sulfonamides is 1. The lowest BCUT2D eigenvalue weighted by Crippen LogP contribution is -2.38. The molecule has 10 nitrogen and oxygen atoms in total. The minimum absolute atomic E-state index is 0.00490. The quantitative estimate of drug-likeness (QED) is 0.452. The first-order chi connectivity index (χ1) is 17.7. The van der Waals surface area contributed by atoms with Gasteiger partial charge in [0.15, 0.2) is 5.03 Å². The molecule has 1 aliphatic heterocycles. The SMILES string of the molecule is CCC1CCCN(c2nc(-c3ccc(OC(C)C)nc3)ccc2C(=O)NS(=O)(=O)c2cccc(N)n2)C1. The summed E-state index contributed by atoms with van der Waals surface area (Å²) in [5, 5.41) is -0.328. The third-order valence-corrected chi connectivity index (χ3v) is 7.38. The summed E-state index contributed by atoms with van der Waals surface area (Å²) in [6, 6.07) is 11.1. The Morgan fingerprint density at radius 1 is 1.19 bits per heavy atom. The zero-order chi connectivity index (χ0) is 26.6. The third kappa shape index (κ3) is 6.34. The molecule has 196 valence electrons. The van der Waals surface area contributed by atoms with Gasteiger partial charge < -0.3 is 15.4 Å². The number of rotatable bonds is 8. The predicted molar refractivity (Wildman–Crippen MR) is 142 cm³/mol. The molecule has 3 aromatic heterocycles. The van der Waals surface area contributed by atoms with Crippen LogP contribution in [0.25, 0.3) is 11.3 Å². The van der Waals surface area contributed by atoms with E-state index in [-0.39, 0.29) is 22.5 Å². The van der Waals surface area contributed by atoms with Crippen molar-refractivity contribution in [2.24, 2.45) is 5.92 Å².